The molecule has 0 heterocycles. The summed E-state index contributed by atoms with van der Waals surface area (Å²) < 4.78 is 28.5. The summed E-state index contributed by atoms with van der Waals surface area (Å²) in [6.07, 6.45) is 6.16. The van der Waals surface area contributed by atoms with Crippen LogP contribution >= 0.6 is 0 Å². The number of unbranched alkanes of at least 4 members (excludes halogenated alkanes) is 4. The maximum atomic E-state index is 11.4. The summed E-state index contributed by atoms with van der Waals surface area (Å²) >= 11 is 0. The molecule has 0 bridgehead atoms. The van der Waals surface area contributed by atoms with E-state index in [1.807, 2.05) is 6.07 Å². The number of aliphatic hydroxyl groups excluding tert-OH is 2. The lowest BCUT2D eigenvalue weighted by Crippen LogP contribution is -2.22. The Morgan fingerprint density at radius 1 is 0.971 bits per heavy atom. The van der Waals surface area contributed by atoms with E-state index >= 15 is 0 Å². The third-order valence-electron chi connectivity index (χ3n) is 5.62. The maximum Gasteiger partial charge on any atom is 0.238 e. The van der Waals surface area contributed by atoms with Crippen molar-refractivity contribution < 1.29 is 28.5 Å². The minimum atomic E-state index is -3.66. The molecular formula is C25H38N2O6S. The van der Waals surface area contributed by atoms with Gasteiger partial charge in [0.1, 0.15) is 5.75 Å². The van der Waals surface area contributed by atoms with Crippen LogP contribution in [-0.4, -0.2) is 50.0 Å². The van der Waals surface area contributed by atoms with Crippen LogP contribution in [0.1, 0.15) is 61.3 Å². The molecule has 8 nitrogen and oxygen atoms in total. The average Bonchev–Trinajstić information content (AvgIpc) is 2.81. The lowest BCUT2D eigenvalue weighted by Gasteiger charge is -2.14. The van der Waals surface area contributed by atoms with Crippen molar-refractivity contribution in [3.05, 3.63) is 59.2 Å². The molecule has 6 N–H and O–H groups in total. The van der Waals surface area contributed by atoms with Crippen molar-refractivity contribution in [2.45, 2.75) is 62.6 Å². The predicted molar refractivity (Wildman–Crippen MR) is 132 cm³/mol. The second-order valence-electron chi connectivity index (χ2n) is 8.44. The Hall–Kier alpha value is -2.01. The van der Waals surface area contributed by atoms with Crippen LogP contribution in [-0.2, 0) is 27.8 Å². The summed E-state index contributed by atoms with van der Waals surface area (Å²) in [4.78, 5) is 0.154. The van der Waals surface area contributed by atoms with Crippen LogP contribution in [0.5, 0.6) is 5.75 Å². The minimum Gasteiger partial charge on any atom is -0.508 e. The summed E-state index contributed by atoms with van der Waals surface area (Å²) in [5, 5.41) is 37.4. The van der Waals surface area contributed by atoms with Crippen molar-refractivity contribution in [1.82, 2.24) is 5.32 Å². The Labute approximate surface area is 202 Å². The van der Waals surface area contributed by atoms with E-state index in [0.717, 1.165) is 63.7 Å². The molecule has 1 atom stereocenters. The third kappa shape index (κ3) is 10.5. The fourth-order valence-electron chi connectivity index (χ4n) is 3.62. The number of rotatable bonds is 17. The van der Waals surface area contributed by atoms with Crippen LogP contribution in [0.15, 0.2) is 47.4 Å². The molecule has 0 fully saturated rings. The van der Waals surface area contributed by atoms with Gasteiger partial charge in [0.05, 0.1) is 17.6 Å². The molecule has 0 aliphatic rings. The number of nitrogens with one attached hydrogen (secondary N) is 1. The van der Waals surface area contributed by atoms with Gasteiger partial charge >= 0.3 is 0 Å². The van der Waals surface area contributed by atoms with E-state index < -0.39 is 16.1 Å². The number of aryl methyl sites for hydroxylation is 1. The van der Waals surface area contributed by atoms with Crippen molar-refractivity contribution in [2.24, 2.45) is 5.14 Å². The van der Waals surface area contributed by atoms with Gasteiger partial charge in [-0.25, -0.2) is 13.6 Å². The first kappa shape index (κ1) is 28.2. The van der Waals surface area contributed by atoms with Crippen LogP contribution in [0.25, 0.3) is 0 Å². The largest absolute Gasteiger partial charge is 0.508 e. The van der Waals surface area contributed by atoms with E-state index in [9.17, 15) is 23.7 Å². The highest BCUT2D eigenvalue weighted by Crippen LogP contribution is 2.22. The van der Waals surface area contributed by atoms with Gasteiger partial charge in [-0.3, -0.25) is 0 Å². The topological polar surface area (TPSA) is 142 Å². The smallest absolute Gasteiger partial charge is 0.238 e. The fraction of sp³-hybridized carbons (Fsp3) is 0.520. The number of primary sulfonamides is 1. The Kier molecular flexibility index (Phi) is 12.5. The molecule has 9 heteroatoms. The van der Waals surface area contributed by atoms with Gasteiger partial charge in [0.25, 0.3) is 0 Å². The van der Waals surface area contributed by atoms with Crippen LogP contribution in [0.3, 0.4) is 0 Å². The van der Waals surface area contributed by atoms with E-state index in [0.29, 0.717) is 24.3 Å². The van der Waals surface area contributed by atoms with Gasteiger partial charge in [-0.1, -0.05) is 31.0 Å². The number of hydrogen-bond acceptors (Lipinski definition) is 7. The Bertz CT molecular complexity index is 968. The highest BCUT2D eigenvalue weighted by molar-refractivity contribution is 7.89. The van der Waals surface area contributed by atoms with Gasteiger partial charge in [-0.2, -0.15) is 0 Å². The number of ether oxygens (including phenoxy) is 1. The Morgan fingerprint density at radius 3 is 2.44 bits per heavy atom. The maximum absolute atomic E-state index is 11.4. The van der Waals surface area contributed by atoms with Gasteiger partial charge in [0, 0.05) is 25.3 Å². The summed E-state index contributed by atoms with van der Waals surface area (Å²) in [7, 11) is -3.66. The summed E-state index contributed by atoms with van der Waals surface area (Å²) in [5.41, 5.74) is 2.04. The van der Waals surface area contributed by atoms with Gasteiger partial charge in [-0.15, -0.1) is 0 Å². The Morgan fingerprint density at radius 2 is 1.71 bits per heavy atom. The molecule has 0 aromatic heterocycles. The van der Waals surface area contributed by atoms with Crippen LogP contribution in [0, 0.1) is 0 Å². The van der Waals surface area contributed by atoms with Crippen molar-refractivity contribution in [3.8, 4) is 5.75 Å². The van der Waals surface area contributed by atoms with E-state index in [2.05, 4.69) is 5.32 Å². The molecule has 0 amide bonds. The third-order valence-corrected chi connectivity index (χ3v) is 6.53. The predicted octanol–water partition coefficient (Wildman–Crippen LogP) is 2.75. The second kappa shape index (κ2) is 15.1. The first-order chi connectivity index (χ1) is 16.3. The number of nitrogens with two attached hydrogens (primary N) is 1. The van der Waals surface area contributed by atoms with Crippen LogP contribution in [0.4, 0.5) is 0 Å². The Balaban J connectivity index is 1.43. The van der Waals surface area contributed by atoms with E-state index in [4.69, 9.17) is 9.88 Å². The van der Waals surface area contributed by atoms with Crippen LogP contribution in [0.2, 0.25) is 0 Å². The van der Waals surface area contributed by atoms with Gasteiger partial charge in [-0.05, 0) is 74.0 Å². The van der Waals surface area contributed by atoms with E-state index in [-0.39, 0.29) is 17.3 Å². The number of benzene rings is 2. The van der Waals surface area contributed by atoms with Gasteiger partial charge in [0.15, 0.2) is 0 Å². The molecule has 0 aliphatic heterocycles. The highest BCUT2D eigenvalue weighted by atomic mass is 32.2. The van der Waals surface area contributed by atoms with Crippen molar-refractivity contribution >= 4 is 10.0 Å². The SMILES string of the molecule is NS(=O)(=O)c1cccc(CCCCOCCCCCCNC[C@@H](O)c2ccc(O)c(CO)c2)c1. The molecule has 0 aliphatic carbocycles. The monoisotopic (exact) mass is 494 g/mol. The normalized spacial score (nSPS) is 12.7. The quantitative estimate of drug-likeness (QED) is 0.213. The van der Waals surface area contributed by atoms with Gasteiger partial charge < -0.3 is 25.4 Å². The number of hydrogen-bond donors (Lipinski definition) is 5. The molecule has 190 valence electrons. The molecule has 2 aromatic carbocycles. The lowest BCUT2D eigenvalue weighted by atomic mass is 10.1. The standard InChI is InChI=1S/C25H38N2O6S/c26-34(31,32)23-10-7-9-20(16-23)8-3-6-15-33-14-5-2-1-4-13-27-18-25(30)21-11-12-24(29)22(17-21)19-28/h7,9-12,16-17,25,27-30H,1-6,8,13-15,18-19H2,(H2,26,31,32)/t25-/m1/s1. The molecule has 0 unspecified atom stereocenters. The number of phenols is 1. The van der Waals surface area contributed by atoms with Crippen LogP contribution < -0.4 is 10.5 Å². The lowest BCUT2D eigenvalue weighted by molar-refractivity contribution is 0.126. The zero-order valence-corrected chi connectivity index (χ0v) is 20.5. The molecule has 0 saturated heterocycles. The molecule has 2 aromatic rings. The molecule has 0 radical (unpaired) electrons. The summed E-state index contributed by atoms with van der Waals surface area (Å²) in [6.45, 7) is 2.41. The zero-order chi connectivity index (χ0) is 24.8. The van der Waals surface area contributed by atoms with E-state index in [1.165, 1.54) is 12.1 Å². The number of aliphatic hydroxyl groups is 2. The molecule has 2 rings (SSSR count). The van der Waals surface area contributed by atoms with Crippen molar-refractivity contribution in [3.63, 3.8) is 0 Å². The molecule has 0 spiro atoms. The highest BCUT2D eigenvalue weighted by Gasteiger charge is 2.10. The summed E-state index contributed by atoms with van der Waals surface area (Å²) in [5.74, 6) is 0.0310. The minimum absolute atomic E-state index is 0.0310. The van der Waals surface area contributed by atoms with Gasteiger partial charge in [0.2, 0.25) is 10.0 Å². The molecule has 0 saturated carbocycles. The van der Waals surface area contributed by atoms with Crippen molar-refractivity contribution in [2.75, 3.05) is 26.3 Å². The fourth-order valence-corrected chi connectivity index (χ4v) is 4.20. The number of aromatic hydroxyl groups is 1. The van der Waals surface area contributed by atoms with E-state index in [1.54, 1.807) is 24.3 Å². The first-order valence-electron chi connectivity index (χ1n) is 11.8. The number of sulfonamides is 1. The zero-order valence-electron chi connectivity index (χ0n) is 19.7. The summed E-state index contributed by atoms with van der Waals surface area (Å²) in [6, 6.07) is 11.5. The van der Waals surface area contributed by atoms with Crippen molar-refractivity contribution in [1.29, 1.82) is 0 Å². The second-order valence-corrected chi connectivity index (χ2v) is 10.0. The molecule has 34 heavy (non-hydrogen) atoms. The molecular weight excluding hydrogens is 456 g/mol. The first-order valence-corrected chi connectivity index (χ1v) is 13.4. The average molecular weight is 495 g/mol.